The van der Waals surface area contributed by atoms with Gasteiger partial charge in [0.1, 0.15) is 0 Å². The topological polar surface area (TPSA) is 56.0 Å². The van der Waals surface area contributed by atoms with E-state index < -0.39 is 4.92 Å². The van der Waals surface area contributed by atoms with Gasteiger partial charge < -0.3 is 10.1 Å². The summed E-state index contributed by atoms with van der Waals surface area (Å²) in [7, 11) is 1.20. The Kier molecular flexibility index (Phi) is 2.72. The minimum Gasteiger partial charge on any atom is -0.358 e. The van der Waals surface area contributed by atoms with Crippen LogP contribution in [0.3, 0.4) is 0 Å². The number of nitrogens with zero attached hydrogens (tertiary/aromatic N) is 2. The van der Waals surface area contributed by atoms with Crippen LogP contribution < -0.4 is 0 Å². The number of rotatable bonds is 2. The lowest BCUT2D eigenvalue weighted by Gasteiger charge is -1.91. The van der Waals surface area contributed by atoms with E-state index >= 15 is 0 Å². The largest absolute Gasteiger partial charge is 0.363 e. The molecule has 0 aliphatic rings. The van der Waals surface area contributed by atoms with Crippen molar-refractivity contribution in [1.82, 2.24) is 4.98 Å². The first kappa shape index (κ1) is 8.35. The first-order chi connectivity index (χ1) is 5.24. The van der Waals surface area contributed by atoms with Gasteiger partial charge in [-0.2, -0.15) is 0 Å². The monoisotopic (exact) mass is 188 g/mol. The Labute approximate surface area is 72.0 Å². The van der Waals surface area contributed by atoms with Gasteiger partial charge in [-0.25, -0.2) is 0 Å². The highest BCUT2D eigenvalue weighted by Gasteiger charge is 2.04. The standard InChI is InChI=1S/C5H4N2O2S2/c8-7(9)5-2-1-4(11-10)3-6-5/h1-3,10H. The van der Waals surface area contributed by atoms with Crippen molar-refractivity contribution in [3.8, 4) is 0 Å². The van der Waals surface area contributed by atoms with Crippen molar-refractivity contribution in [2.24, 2.45) is 0 Å². The Hall–Kier alpha value is -0.750. The molecule has 0 aliphatic carbocycles. The molecule has 0 aliphatic heterocycles. The molecule has 4 nitrogen and oxygen atoms in total. The molecule has 0 unspecified atom stereocenters. The summed E-state index contributed by atoms with van der Waals surface area (Å²) < 4.78 is 0. The molecule has 11 heavy (non-hydrogen) atoms. The van der Waals surface area contributed by atoms with Gasteiger partial charge in [0.2, 0.25) is 0 Å². The number of aromatic nitrogens is 1. The van der Waals surface area contributed by atoms with Crippen LogP contribution in [0.2, 0.25) is 0 Å². The molecule has 1 heterocycles. The molecular formula is C5H4N2O2S2. The molecule has 1 aromatic rings. The van der Waals surface area contributed by atoms with Gasteiger partial charge in [0.25, 0.3) is 0 Å². The second kappa shape index (κ2) is 3.59. The van der Waals surface area contributed by atoms with Gasteiger partial charge >= 0.3 is 5.82 Å². The molecule has 0 saturated carbocycles. The smallest absolute Gasteiger partial charge is 0.358 e. The molecule has 0 aromatic carbocycles. The Balaban J connectivity index is 2.91. The van der Waals surface area contributed by atoms with E-state index in [1.54, 1.807) is 6.07 Å². The van der Waals surface area contributed by atoms with E-state index in [0.29, 0.717) is 0 Å². The van der Waals surface area contributed by atoms with Crippen molar-refractivity contribution in [2.45, 2.75) is 4.90 Å². The molecule has 0 spiro atoms. The fourth-order valence-corrected chi connectivity index (χ4v) is 1.09. The first-order valence-corrected chi connectivity index (χ1v) is 4.53. The van der Waals surface area contributed by atoms with Gasteiger partial charge in [0, 0.05) is 6.07 Å². The summed E-state index contributed by atoms with van der Waals surface area (Å²) in [5.41, 5.74) is 0. The van der Waals surface area contributed by atoms with Gasteiger partial charge in [0.15, 0.2) is 6.20 Å². The number of hydrogen-bond acceptors (Lipinski definition) is 5. The average molecular weight is 188 g/mol. The fraction of sp³-hybridized carbons (Fsp3) is 0. The van der Waals surface area contributed by atoms with Crippen LogP contribution in [-0.2, 0) is 0 Å². The van der Waals surface area contributed by atoms with E-state index in [-0.39, 0.29) is 5.82 Å². The summed E-state index contributed by atoms with van der Waals surface area (Å²) in [6.07, 6.45) is 1.41. The van der Waals surface area contributed by atoms with Crippen LogP contribution in [0.5, 0.6) is 0 Å². The highest BCUT2D eigenvalue weighted by molar-refractivity contribution is 8.68. The number of pyridine rings is 1. The molecule has 1 aromatic heterocycles. The summed E-state index contributed by atoms with van der Waals surface area (Å²) in [6, 6.07) is 2.95. The Morgan fingerprint density at radius 1 is 1.64 bits per heavy atom. The summed E-state index contributed by atoms with van der Waals surface area (Å²) >= 11 is 3.90. The molecule has 58 valence electrons. The maximum absolute atomic E-state index is 10.1. The van der Waals surface area contributed by atoms with Gasteiger partial charge in [0.05, 0.1) is 4.90 Å². The van der Waals surface area contributed by atoms with Crippen LogP contribution >= 0.6 is 22.5 Å². The van der Waals surface area contributed by atoms with E-state index in [1.807, 2.05) is 0 Å². The van der Waals surface area contributed by atoms with Gasteiger partial charge in [-0.3, -0.25) is 0 Å². The molecule has 0 amide bonds. The predicted octanol–water partition coefficient (Wildman–Crippen LogP) is 1.93. The van der Waals surface area contributed by atoms with Crippen molar-refractivity contribution in [3.05, 3.63) is 28.4 Å². The summed E-state index contributed by atoms with van der Waals surface area (Å²) in [5.74, 6) is -0.142. The third-order valence-electron chi connectivity index (χ3n) is 1.01. The second-order valence-corrected chi connectivity index (χ2v) is 2.90. The summed E-state index contributed by atoms with van der Waals surface area (Å²) in [4.78, 5) is 14.0. The van der Waals surface area contributed by atoms with Crippen molar-refractivity contribution in [3.63, 3.8) is 0 Å². The zero-order valence-electron chi connectivity index (χ0n) is 5.30. The van der Waals surface area contributed by atoms with E-state index in [9.17, 15) is 10.1 Å². The van der Waals surface area contributed by atoms with Crippen molar-refractivity contribution < 1.29 is 4.92 Å². The van der Waals surface area contributed by atoms with Gasteiger partial charge in [-0.1, -0.05) is 10.8 Å². The highest BCUT2D eigenvalue weighted by atomic mass is 33.1. The molecular weight excluding hydrogens is 184 g/mol. The van der Waals surface area contributed by atoms with E-state index in [4.69, 9.17) is 0 Å². The lowest BCUT2D eigenvalue weighted by Crippen LogP contribution is -1.90. The normalized spacial score (nSPS) is 9.55. The Bertz CT molecular complexity index is 262. The van der Waals surface area contributed by atoms with Crippen LogP contribution in [0.25, 0.3) is 0 Å². The van der Waals surface area contributed by atoms with E-state index in [1.165, 1.54) is 23.1 Å². The molecule has 0 radical (unpaired) electrons. The van der Waals surface area contributed by atoms with Crippen LogP contribution in [-0.4, -0.2) is 9.91 Å². The quantitative estimate of drug-likeness (QED) is 0.333. The lowest BCUT2D eigenvalue weighted by atomic mass is 10.5. The number of thiol groups is 1. The van der Waals surface area contributed by atoms with E-state index in [0.717, 1.165) is 4.90 Å². The fourth-order valence-electron chi connectivity index (χ4n) is 0.534. The highest BCUT2D eigenvalue weighted by Crippen LogP contribution is 2.21. The minimum absolute atomic E-state index is 0.142. The summed E-state index contributed by atoms with van der Waals surface area (Å²) in [6.45, 7) is 0. The lowest BCUT2D eigenvalue weighted by molar-refractivity contribution is -0.389. The molecule has 0 atom stereocenters. The first-order valence-electron chi connectivity index (χ1n) is 2.66. The van der Waals surface area contributed by atoms with Crippen molar-refractivity contribution in [1.29, 1.82) is 0 Å². The minimum atomic E-state index is -0.535. The van der Waals surface area contributed by atoms with Crippen LogP contribution in [0, 0.1) is 10.1 Å². The SMILES string of the molecule is O=[N+]([O-])c1ccc(SS)cn1. The predicted molar refractivity (Wildman–Crippen MR) is 45.7 cm³/mol. The zero-order chi connectivity index (χ0) is 8.27. The Morgan fingerprint density at radius 2 is 2.36 bits per heavy atom. The second-order valence-electron chi connectivity index (χ2n) is 1.70. The Morgan fingerprint density at radius 3 is 2.73 bits per heavy atom. The molecule has 1 rings (SSSR count). The van der Waals surface area contributed by atoms with Gasteiger partial charge in [-0.05, 0) is 16.0 Å². The third-order valence-corrected chi connectivity index (χ3v) is 2.10. The third kappa shape index (κ3) is 2.09. The maximum Gasteiger partial charge on any atom is 0.363 e. The number of hydrogen-bond donors (Lipinski definition) is 1. The van der Waals surface area contributed by atoms with Crippen molar-refractivity contribution >= 4 is 28.3 Å². The summed E-state index contributed by atoms with van der Waals surface area (Å²) in [5, 5.41) is 10.1. The molecule has 0 fully saturated rings. The average Bonchev–Trinajstić information content (AvgIpc) is 2.05. The zero-order valence-corrected chi connectivity index (χ0v) is 7.01. The maximum atomic E-state index is 10.1. The van der Waals surface area contributed by atoms with Crippen LogP contribution in [0.1, 0.15) is 0 Å². The molecule has 0 bridgehead atoms. The number of nitro groups is 1. The van der Waals surface area contributed by atoms with E-state index in [2.05, 4.69) is 16.6 Å². The molecule has 0 N–H and O–H groups in total. The van der Waals surface area contributed by atoms with Gasteiger partial charge in [-0.15, -0.1) is 11.7 Å². The van der Waals surface area contributed by atoms with Crippen molar-refractivity contribution in [2.75, 3.05) is 0 Å². The molecule has 6 heteroatoms. The van der Waals surface area contributed by atoms with Crippen LogP contribution in [0.4, 0.5) is 5.82 Å². The van der Waals surface area contributed by atoms with Crippen LogP contribution in [0.15, 0.2) is 23.2 Å². The molecule has 0 saturated heterocycles.